The summed E-state index contributed by atoms with van der Waals surface area (Å²) in [6.45, 7) is 2.03. The lowest BCUT2D eigenvalue weighted by molar-refractivity contribution is -0.149. The molecule has 0 aromatic heterocycles. The largest absolute Gasteiger partial charge is 0.460 e. The molecule has 88 valence electrons. The van der Waals surface area contributed by atoms with Crippen LogP contribution in [0.25, 0.3) is 0 Å². The van der Waals surface area contributed by atoms with Crippen molar-refractivity contribution in [3.8, 4) is 0 Å². The van der Waals surface area contributed by atoms with Gasteiger partial charge in [-0.3, -0.25) is 4.79 Å². The Hall–Kier alpha value is -0.610. The van der Waals surface area contributed by atoms with E-state index in [0.717, 1.165) is 38.6 Å². The van der Waals surface area contributed by atoms with Crippen LogP contribution in [0, 0.1) is 0 Å². The monoisotopic (exact) mass is 215 g/mol. The van der Waals surface area contributed by atoms with Gasteiger partial charge in [0.15, 0.2) is 0 Å². The van der Waals surface area contributed by atoms with Gasteiger partial charge in [-0.1, -0.05) is 12.8 Å². The highest BCUT2D eigenvalue weighted by molar-refractivity contribution is 5.69. The van der Waals surface area contributed by atoms with E-state index in [0.29, 0.717) is 19.6 Å². The summed E-state index contributed by atoms with van der Waals surface area (Å²) in [6.07, 6.45) is 5.50. The van der Waals surface area contributed by atoms with Crippen molar-refractivity contribution in [2.24, 2.45) is 5.73 Å². The molecule has 0 saturated carbocycles. The van der Waals surface area contributed by atoms with E-state index in [1.54, 1.807) is 0 Å². The highest BCUT2D eigenvalue weighted by atomic mass is 16.6. The van der Waals surface area contributed by atoms with Crippen LogP contribution >= 0.6 is 0 Å². The zero-order valence-electron chi connectivity index (χ0n) is 9.24. The fraction of sp³-hybridized carbons (Fsp3) is 0.909. The van der Waals surface area contributed by atoms with Crippen LogP contribution < -0.4 is 5.73 Å². The van der Waals surface area contributed by atoms with Crippen molar-refractivity contribution in [1.82, 2.24) is 0 Å². The van der Waals surface area contributed by atoms with Gasteiger partial charge in [0.1, 0.15) is 6.10 Å². The number of esters is 1. The third kappa shape index (κ3) is 5.74. The van der Waals surface area contributed by atoms with E-state index in [4.69, 9.17) is 15.2 Å². The van der Waals surface area contributed by atoms with Gasteiger partial charge in [0.25, 0.3) is 0 Å². The third-order valence-electron chi connectivity index (χ3n) is 2.52. The lowest BCUT2D eigenvalue weighted by atomic mass is 10.1. The van der Waals surface area contributed by atoms with Gasteiger partial charge in [-0.2, -0.15) is 0 Å². The van der Waals surface area contributed by atoms with Gasteiger partial charge in [-0.05, 0) is 19.4 Å². The molecule has 0 spiro atoms. The summed E-state index contributed by atoms with van der Waals surface area (Å²) in [7, 11) is 0. The second-order valence-electron chi connectivity index (χ2n) is 3.93. The van der Waals surface area contributed by atoms with Gasteiger partial charge in [0.05, 0.1) is 13.2 Å². The Labute approximate surface area is 91.1 Å². The Morgan fingerprint density at radius 1 is 1.33 bits per heavy atom. The van der Waals surface area contributed by atoms with Gasteiger partial charge in [-0.15, -0.1) is 0 Å². The van der Waals surface area contributed by atoms with Gasteiger partial charge < -0.3 is 15.2 Å². The normalized spacial score (nSPS) is 20.5. The van der Waals surface area contributed by atoms with Crippen molar-refractivity contribution in [3.05, 3.63) is 0 Å². The quantitative estimate of drug-likeness (QED) is 0.512. The molecule has 1 unspecified atom stereocenters. The number of hydrogen-bond acceptors (Lipinski definition) is 4. The molecule has 0 amide bonds. The number of unbranched alkanes of at least 4 members (excludes halogenated alkanes) is 3. The fourth-order valence-corrected chi connectivity index (χ4v) is 1.62. The van der Waals surface area contributed by atoms with Crippen molar-refractivity contribution >= 4 is 5.97 Å². The Morgan fingerprint density at radius 2 is 2.13 bits per heavy atom. The molecule has 1 heterocycles. The van der Waals surface area contributed by atoms with Crippen LogP contribution in [-0.4, -0.2) is 31.8 Å². The minimum absolute atomic E-state index is 0.00143. The molecule has 4 nitrogen and oxygen atoms in total. The van der Waals surface area contributed by atoms with Crippen LogP contribution in [-0.2, 0) is 14.3 Å². The van der Waals surface area contributed by atoms with Gasteiger partial charge in [0, 0.05) is 12.8 Å². The molecule has 0 aliphatic carbocycles. The molecular weight excluding hydrogens is 194 g/mol. The fourth-order valence-electron chi connectivity index (χ4n) is 1.62. The zero-order chi connectivity index (χ0) is 10.9. The standard InChI is InChI=1S/C11H21NO3/c12-7-4-2-1-3-5-11(13)15-10-6-8-14-9-10/h10H,1-9,12H2. The first-order valence-corrected chi connectivity index (χ1v) is 5.80. The van der Waals surface area contributed by atoms with Crippen molar-refractivity contribution in [2.45, 2.75) is 44.6 Å². The maximum Gasteiger partial charge on any atom is 0.306 e. The maximum atomic E-state index is 11.3. The molecule has 1 aliphatic rings. The summed E-state index contributed by atoms with van der Waals surface area (Å²) in [5, 5.41) is 0. The molecule has 1 rings (SSSR count). The Morgan fingerprint density at radius 3 is 2.80 bits per heavy atom. The molecule has 1 fully saturated rings. The number of rotatable bonds is 7. The van der Waals surface area contributed by atoms with Crippen LogP contribution in [0.2, 0.25) is 0 Å². The zero-order valence-corrected chi connectivity index (χ0v) is 9.24. The van der Waals surface area contributed by atoms with E-state index in [2.05, 4.69) is 0 Å². The molecule has 2 N–H and O–H groups in total. The predicted octanol–water partition coefficient (Wildman–Crippen LogP) is 1.23. The van der Waals surface area contributed by atoms with Crippen molar-refractivity contribution in [2.75, 3.05) is 19.8 Å². The van der Waals surface area contributed by atoms with Crippen LogP contribution in [0.4, 0.5) is 0 Å². The van der Waals surface area contributed by atoms with Gasteiger partial charge in [-0.25, -0.2) is 0 Å². The topological polar surface area (TPSA) is 61.6 Å². The molecule has 1 atom stereocenters. The highest BCUT2D eigenvalue weighted by Gasteiger charge is 2.19. The number of ether oxygens (including phenoxy) is 2. The van der Waals surface area contributed by atoms with Gasteiger partial charge >= 0.3 is 5.97 Å². The molecule has 0 radical (unpaired) electrons. The SMILES string of the molecule is NCCCCCCC(=O)OC1CCOC1. The molecular formula is C11H21NO3. The van der Waals surface area contributed by atoms with Crippen molar-refractivity contribution in [1.29, 1.82) is 0 Å². The van der Waals surface area contributed by atoms with E-state index < -0.39 is 0 Å². The molecule has 0 bridgehead atoms. The number of hydrogen-bond donors (Lipinski definition) is 1. The molecule has 1 saturated heterocycles. The summed E-state index contributed by atoms with van der Waals surface area (Å²) in [5.74, 6) is -0.0850. The Bertz CT molecular complexity index is 179. The Kier molecular flexibility index (Phi) is 6.36. The van der Waals surface area contributed by atoms with Crippen LogP contribution in [0.15, 0.2) is 0 Å². The summed E-state index contributed by atoms with van der Waals surface area (Å²) in [4.78, 5) is 11.3. The number of carbonyl (C=O) groups excluding carboxylic acids is 1. The highest BCUT2D eigenvalue weighted by Crippen LogP contribution is 2.10. The minimum Gasteiger partial charge on any atom is -0.460 e. The van der Waals surface area contributed by atoms with E-state index in [1.807, 2.05) is 0 Å². The van der Waals surface area contributed by atoms with Crippen molar-refractivity contribution in [3.63, 3.8) is 0 Å². The van der Waals surface area contributed by atoms with Crippen LogP contribution in [0.5, 0.6) is 0 Å². The number of nitrogens with two attached hydrogens (primary N) is 1. The van der Waals surface area contributed by atoms with Crippen molar-refractivity contribution < 1.29 is 14.3 Å². The second-order valence-corrected chi connectivity index (χ2v) is 3.93. The average Bonchev–Trinajstić information content (AvgIpc) is 2.70. The molecule has 0 aromatic carbocycles. The molecule has 4 heteroatoms. The lowest BCUT2D eigenvalue weighted by Crippen LogP contribution is -2.17. The van der Waals surface area contributed by atoms with Crippen LogP contribution in [0.3, 0.4) is 0 Å². The Balaban J connectivity index is 1.93. The minimum atomic E-state index is -0.0850. The molecule has 1 aliphatic heterocycles. The first-order valence-electron chi connectivity index (χ1n) is 5.80. The van der Waals surface area contributed by atoms with E-state index in [9.17, 15) is 4.79 Å². The predicted molar refractivity (Wildman–Crippen MR) is 57.5 cm³/mol. The van der Waals surface area contributed by atoms with E-state index in [1.165, 1.54) is 0 Å². The summed E-state index contributed by atoms with van der Waals surface area (Å²) in [5.41, 5.74) is 5.37. The second kappa shape index (κ2) is 7.65. The number of carbonyl (C=O) groups is 1. The molecule has 0 aromatic rings. The van der Waals surface area contributed by atoms with E-state index in [-0.39, 0.29) is 12.1 Å². The molecule has 15 heavy (non-hydrogen) atoms. The summed E-state index contributed by atoms with van der Waals surface area (Å²) < 4.78 is 10.4. The van der Waals surface area contributed by atoms with Crippen LogP contribution in [0.1, 0.15) is 38.5 Å². The average molecular weight is 215 g/mol. The smallest absolute Gasteiger partial charge is 0.306 e. The third-order valence-corrected chi connectivity index (χ3v) is 2.52. The van der Waals surface area contributed by atoms with Gasteiger partial charge in [0.2, 0.25) is 0 Å². The maximum absolute atomic E-state index is 11.3. The summed E-state index contributed by atoms with van der Waals surface area (Å²) in [6, 6.07) is 0. The lowest BCUT2D eigenvalue weighted by Gasteiger charge is -2.09. The van der Waals surface area contributed by atoms with E-state index >= 15 is 0 Å². The summed E-state index contributed by atoms with van der Waals surface area (Å²) >= 11 is 0. The first kappa shape index (κ1) is 12.5. The first-order chi connectivity index (χ1) is 7.33.